The molecule has 3 rings (SSSR count). The number of halogens is 2. The molecule has 1 saturated heterocycles. The van der Waals surface area contributed by atoms with Crippen LogP contribution in [0.4, 0.5) is 8.78 Å². The summed E-state index contributed by atoms with van der Waals surface area (Å²) >= 11 is 0. The van der Waals surface area contributed by atoms with Crippen molar-refractivity contribution in [2.75, 3.05) is 13.2 Å². The maximum Gasteiger partial charge on any atom is 0.260 e. The fourth-order valence-electron chi connectivity index (χ4n) is 2.80. The molecule has 1 aliphatic heterocycles. The average molecular weight is 332 g/mol. The van der Waals surface area contributed by atoms with Crippen molar-refractivity contribution in [1.29, 1.82) is 0 Å². The van der Waals surface area contributed by atoms with Crippen molar-refractivity contribution in [3.05, 3.63) is 65.5 Å². The van der Waals surface area contributed by atoms with E-state index in [1.807, 2.05) is 0 Å². The maximum absolute atomic E-state index is 14.0. The van der Waals surface area contributed by atoms with Crippen molar-refractivity contribution in [3.8, 4) is 0 Å². The van der Waals surface area contributed by atoms with E-state index in [0.717, 1.165) is 25.0 Å². The topological polar surface area (TPSA) is 42.4 Å². The molecule has 1 unspecified atom stereocenters. The van der Waals surface area contributed by atoms with Crippen LogP contribution >= 0.6 is 0 Å². The zero-order valence-electron chi connectivity index (χ0n) is 13.1. The minimum absolute atomic E-state index is 0.118. The summed E-state index contributed by atoms with van der Waals surface area (Å²) in [6.45, 7) is 1.10. The Labute approximate surface area is 139 Å². The van der Waals surface area contributed by atoms with Crippen molar-refractivity contribution in [3.63, 3.8) is 0 Å². The minimum Gasteiger partial charge on any atom is -0.376 e. The Kier molecular flexibility index (Phi) is 5.15. The van der Waals surface area contributed by atoms with Gasteiger partial charge in [-0.25, -0.2) is 8.78 Å². The monoisotopic (exact) mass is 332 g/mol. The molecule has 0 radical (unpaired) electrons. The van der Waals surface area contributed by atoms with Crippen molar-refractivity contribution >= 4 is 5.91 Å². The number of carbonyl (C=O) groups is 1. The van der Waals surface area contributed by atoms with Crippen LogP contribution < -0.4 is 0 Å². The van der Waals surface area contributed by atoms with E-state index in [4.69, 9.17) is 4.74 Å². The highest BCUT2D eigenvalue weighted by atomic mass is 19.1. The van der Waals surface area contributed by atoms with Crippen molar-refractivity contribution < 1.29 is 18.3 Å². The van der Waals surface area contributed by atoms with Gasteiger partial charge in [0.05, 0.1) is 18.3 Å². The molecule has 126 valence electrons. The van der Waals surface area contributed by atoms with E-state index >= 15 is 0 Å². The number of amides is 1. The van der Waals surface area contributed by atoms with Crippen LogP contribution in [0.1, 0.15) is 28.9 Å². The van der Waals surface area contributed by atoms with Crippen LogP contribution in [0, 0.1) is 11.6 Å². The van der Waals surface area contributed by atoms with Crippen molar-refractivity contribution in [2.24, 2.45) is 0 Å². The summed E-state index contributed by atoms with van der Waals surface area (Å²) in [7, 11) is 0. The van der Waals surface area contributed by atoms with Gasteiger partial charge < -0.3 is 9.64 Å². The van der Waals surface area contributed by atoms with E-state index in [1.165, 1.54) is 11.0 Å². The van der Waals surface area contributed by atoms with Crippen LogP contribution in [-0.2, 0) is 11.3 Å². The first-order valence-corrected chi connectivity index (χ1v) is 7.90. The third-order valence-electron chi connectivity index (χ3n) is 3.99. The molecule has 0 N–H and O–H groups in total. The zero-order valence-corrected chi connectivity index (χ0v) is 13.1. The number of aromatic nitrogens is 1. The lowest BCUT2D eigenvalue weighted by molar-refractivity contribution is 0.0497. The fourth-order valence-corrected chi connectivity index (χ4v) is 2.80. The number of ether oxygens (including phenoxy) is 1. The predicted molar refractivity (Wildman–Crippen MR) is 84.3 cm³/mol. The number of nitrogens with zero attached hydrogens (tertiary/aromatic N) is 2. The Morgan fingerprint density at radius 2 is 2.00 bits per heavy atom. The fraction of sp³-hybridized carbons (Fsp3) is 0.333. The van der Waals surface area contributed by atoms with Gasteiger partial charge in [0.1, 0.15) is 17.2 Å². The van der Waals surface area contributed by atoms with Crippen LogP contribution in [0.2, 0.25) is 0 Å². The van der Waals surface area contributed by atoms with Gasteiger partial charge in [0, 0.05) is 19.3 Å². The van der Waals surface area contributed by atoms with Crippen LogP contribution in [0.5, 0.6) is 0 Å². The van der Waals surface area contributed by atoms with E-state index in [2.05, 4.69) is 4.98 Å². The maximum atomic E-state index is 14.0. The van der Waals surface area contributed by atoms with E-state index in [-0.39, 0.29) is 19.2 Å². The summed E-state index contributed by atoms with van der Waals surface area (Å²) in [6.07, 6.45) is 3.25. The minimum atomic E-state index is -0.863. The lowest BCUT2D eigenvalue weighted by Gasteiger charge is -2.25. The number of carbonyl (C=O) groups excluding carboxylic acids is 1. The Hall–Kier alpha value is -2.34. The van der Waals surface area contributed by atoms with E-state index in [0.29, 0.717) is 12.3 Å². The summed E-state index contributed by atoms with van der Waals surface area (Å²) in [4.78, 5) is 18.3. The van der Waals surface area contributed by atoms with E-state index < -0.39 is 23.1 Å². The SMILES string of the molecule is O=C(c1c(F)cccc1F)N(Cc1ccccn1)CC1CCCO1. The summed E-state index contributed by atoms with van der Waals surface area (Å²) < 4.78 is 33.5. The van der Waals surface area contributed by atoms with Gasteiger partial charge in [0.15, 0.2) is 0 Å². The normalized spacial score (nSPS) is 17.0. The molecular weight excluding hydrogens is 314 g/mol. The molecule has 1 amide bonds. The molecule has 4 nitrogen and oxygen atoms in total. The number of pyridine rings is 1. The molecule has 24 heavy (non-hydrogen) atoms. The molecular formula is C18H18F2N2O2. The first-order valence-electron chi connectivity index (χ1n) is 7.90. The molecule has 1 atom stereocenters. The Morgan fingerprint density at radius 1 is 1.21 bits per heavy atom. The molecule has 0 spiro atoms. The summed E-state index contributed by atoms with van der Waals surface area (Å²) in [6, 6.07) is 8.76. The molecule has 0 aliphatic carbocycles. The number of hydrogen-bond acceptors (Lipinski definition) is 3. The first-order chi connectivity index (χ1) is 11.6. The molecule has 0 saturated carbocycles. The van der Waals surface area contributed by atoms with Gasteiger partial charge >= 0.3 is 0 Å². The lowest BCUT2D eigenvalue weighted by atomic mass is 10.1. The Balaban J connectivity index is 1.86. The Bertz CT molecular complexity index is 683. The van der Waals surface area contributed by atoms with Gasteiger partial charge in [-0.3, -0.25) is 9.78 Å². The number of hydrogen-bond donors (Lipinski definition) is 0. The highest BCUT2D eigenvalue weighted by Crippen LogP contribution is 2.19. The molecule has 2 heterocycles. The van der Waals surface area contributed by atoms with Crippen LogP contribution in [0.3, 0.4) is 0 Å². The van der Waals surface area contributed by atoms with Gasteiger partial charge in [-0.2, -0.15) is 0 Å². The van der Waals surface area contributed by atoms with Gasteiger partial charge in [0.25, 0.3) is 5.91 Å². The van der Waals surface area contributed by atoms with Gasteiger partial charge in [-0.15, -0.1) is 0 Å². The standard InChI is InChI=1S/C18H18F2N2O2/c19-15-7-3-8-16(20)17(15)18(23)22(12-14-6-4-10-24-14)11-13-5-1-2-9-21-13/h1-3,5,7-9,14H,4,6,10-12H2. The number of benzene rings is 1. The van der Waals surface area contributed by atoms with Crippen LogP contribution in [-0.4, -0.2) is 35.0 Å². The molecule has 1 fully saturated rings. The largest absolute Gasteiger partial charge is 0.376 e. The summed E-state index contributed by atoms with van der Waals surface area (Å²) in [5.74, 6) is -2.41. The average Bonchev–Trinajstić information content (AvgIpc) is 3.08. The molecule has 6 heteroatoms. The van der Waals surface area contributed by atoms with Crippen LogP contribution in [0.25, 0.3) is 0 Å². The molecule has 2 aromatic rings. The van der Waals surface area contributed by atoms with Crippen molar-refractivity contribution in [1.82, 2.24) is 9.88 Å². The predicted octanol–water partition coefficient (Wildman–Crippen LogP) is 3.18. The molecule has 1 aliphatic rings. The van der Waals surface area contributed by atoms with Crippen molar-refractivity contribution in [2.45, 2.75) is 25.5 Å². The molecule has 1 aromatic carbocycles. The second-order valence-electron chi connectivity index (χ2n) is 5.74. The summed E-state index contributed by atoms with van der Waals surface area (Å²) in [5, 5.41) is 0. The Morgan fingerprint density at radius 3 is 2.62 bits per heavy atom. The highest BCUT2D eigenvalue weighted by molar-refractivity contribution is 5.94. The quantitative estimate of drug-likeness (QED) is 0.844. The third-order valence-corrected chi connectivity index (χ3v) is 3.99. The second kappa shape index (κ2) is 7.49. The lowest BCUT2D eigenvalue weighted by Crippen LogP contribution is -2.38. The van der Waals surface area contributed by atoms with E-state index in [9.17, 15) is 13.6 Å². The zero-order chi connectivity index (χ0) is 16.9. The molecule has 0 bridgehead atoms. The highest BCUT2D eigenvalue weighted by Gasteiger charge is 2.27. The van der Waals surface area contributed by atoms with Gasteiger partial charge in [-0.05, 0) is 37.1 Å². The first kappa shape index (κ1) is 16.5. The van der Waals surface area contributed by atoms with Gasteiger partial charge in [0.2, 0.25) is 0 Å². The smallest absolute Gasteiger partial charge is 0.260 e. The van der Waals surface area contributed by atoms with Crippen LogP contribution in [0.15, 0.2) is 42.6 Å². The third kappa shape index (κ3) is 3.76. The number of rotatable bonds is 5. The van der Waals surface area contributed by atoms with Gasteiger partial charge in [-0.1, -0.05) is 12.1 Å². The molecule has 1 aromatic heterocycles. The second-order valence-corrected chi connectivity index (χ2v) is 5.74. The summed E-state index contributed by atoms with van der Waals surface area (Å²) in [5.41, 5.74) is 0.118. The van der Waals surface area contributed by atoms with E-state index in [1.54, 1.807) is 24.4 Å².